The number of anilines is 1. The molecule has 19 heavy (non-hydrogen) atoms. The standard InChI is InChI=1S/C11H11N5O2S/c1-17-7-3-2-4-8(5-7)18-6-9-13-14-11-16(9)15-10(12)19-11/h2-5H,6H2,1H3,(H2,12,15). The Hall–Kier alpha value is -2.35. The topological polar surface area (TPSA) is 87.6 Å². The maximum Gasteiger partial charge on any atom is 0.236 e. The molecule has 1 aromatic carbocycles. The number of hydrogen-bond donors (Lipinski definition) is 1. The molecule has 0 aliphatic heterocycles. The first-order valence-electron chi connectivity index (χ1n) is 5.50. The Morgan fingerprint density at radius 1 is 1.32 bits per heavy atom. The third-order valence-corrected chi connectivity index (χ3v) is 3.21. The average Bonchev–Trinajstić information content (AvgIpc) is 2.96. The Morgan fingerprint density at radius 2 is 2.16 bits per heavy atom. The van der Waals surface area contributed by atoms with Crippen LogP contribution < -0.4 is 15.2 Å². The number of methoxy groups -OCH3 is 1. The smallest absolute Gasteiger partial charge is 0.236 e. The predicted octanol–water partition coefficient (Wildman–Crippen LogP) is 1.36. The average molecular weight is 277 g/mol. The summed E-state index contributed by atoms with van der Waals surface area (Å²) in [6, 6.07) is 7.35. The number of ether oxygens (including phenoxy) is 2. The molecule has 98 valence electrons. The van der Waals surface area contributed by atoms with Gasteiger partial charge in [-0.05, 0) is 12.1 Å². The molecule has 0 bridgehead atoms. The number of benzene rings is 1. The lowest BCUT2D eigenvalue weighted by Gasteiger charge is -2.05. The highest BCUT2D eigenvalue weighted by molar-refractivity contribution is 7.20. The van der Waals surface area contributed by atoms with Crippen LogP contribution in [-0.4, -0.2) is 26.9 Å². The second-order valence-corrected chi connectivity index (χ2v) is 4.71. The van der Waals surface area contributed by atoms with Crippen molar-refractivity contribution in [1.82, 2.24) is 19.8 Å². The molecule has 3 aromatic rings. The van der Waals surface area contributed by atoms with Crippen LogP contribution in [0.3, 0.4) is 0 Å². The number of aromatic nitrogens is 4. The number of nitrogen functional groups attached to an aromatic ring is 1. The van der Waals surface area contributed by atoms with Crippen molar-refractivity contribution in [2.75, 3.05) is 12.8 Å². The zero-order valence-corrected chi connectivity index (χ0v) is 10.9. The van der Waals surface area contributed by atoms with Gasteiger partial charge < -0.3 is 15.2 Å². The van der Waals surface area contributed by atoms with E-state index < -0.39 is 0 Å². The summed E-state index contributed by atoms with van der Waals surface area (Å²) in [6.45, 7) is 0.261. The third-order valence-electron chi connectivity index (χ3n) is 2.48. The number of rotatable bonds is 4. The van der Waals surface area contributed by atoms with Gasteiger partial charge in [0.2, 0.25) is 10.1 Å². The maximum atomic E-state index is 5.63. The van der Waals surface area contributed by atoms with Crippen LogP contribution in [0, 0.1) is 0 Å². The van der Waals surface area contributed by atoms with Gasteiger partial charge in [0.15, 0.2) is 5.82 Å². The Balaban J connectivity index is 1.78. The second-order valence-electron chi connectivity index (χ2n) is 3.72. The summed E-state index contributed by atoms with van der Waals surface area (Å²) < 4.78 is 12.3. The molecule has 0 amide bonds. The minimum atomic E-state index is 0.261. The molecular weight excluding hydrogens is 266 g/mol. The Kier molecular flexibility index (Phi) is 2.92. The molecule has 0 fully saturated rings. The van der Waals surface area contributed by atoms with E-state index in [0.717, 1.165) is 5.75 Å². The predicted molar refractivity (Wildman–Crippen MR) is 70.4 cm³/mol. The lowest BCUT2D eigenvalue weighted by atomic mass is 10.3. The fraction of sp³-hybridized carbons (Fsp3) is 0.182. The molecule has 0 aliphatic rings. The fourth-order valence-corrected chi connectivity index (χ4v) is 2.22. The molecule has 0 unspecified atom stereocenters. The minimum absolute atomic E-state index is 0.261. The molecule has 8 heteroatoms. The molecule has 2 aromatic heterocycles. The zero-order chi connectivity index (χ0) is 13.2. The van der Waals surface area contributed by atoms with Gasteiger partial charge in [0.05, 0.1) is 7.11 Å². The Bertz CT molecular complexity index is 708. The minimum Gasteiger partial charge on any atom is -0.497 e. The van der Waals surface area contributed by atoms with Crippen molar-refractivity contribution in [1.29, 1.82) is 0 Å². The van der Waals surface area contributed by atoms with Crippen molar-refractivity contribution in [3.63, 3.8) is 0 Å². The van der Waals surface area contributed by atoms with E-state index in [2.05, 4.69) is 15.3 Å². The first-order chi connectivity index (χ1) is 9.26. The van der Waals surface area contributed by atoms with Gasteiger partial charge in [0.1, 0.15) is 18.1 Å². The van der Waals surface area contributed by atoms with Crippen molar-refractivity contribution in [2.45, 2.75) is 6.61 Å². The van der Waals surface area contributed by atoms with E-state index >= 15 is 0 Å². The zero-order valence-electron chi connectivity index (χ0n) is 10.1. The number of fused-ring (bicyclic) bond motifs is 1. The molecule has 0 aliphatic carbocycles. The summed E-state index contributed by atoms with van der Waals surface area (Å²) in [7, 11) is 1.61. The lowest BCUT2D eigenvalue weighted by Crippen LogP contribution is -2.02. The monoisotopic (exact) mass is 277 g/mol. The van der Waals surface area contributed by atoms with E-state index in [1.807, 2.05) is 18.2 Å². The van der Waals surface area contributed by atoms with Gasteiger partial charge in [-0.3, -0.25) is 0 Å². The second kappa shape index (κ2) is 4.73. The molecule has 2 N–H and O–H groups in total. The van der Waals surface area contributed by atoms with Gasteiger partial charge in [0.25, 0.3) is 0 Å². The molecule has 0 spiro atoms. The van der Waals surface area contributed by atoms with Crippen molar-refractivity contribution in [2.24, 2.45) is 0 Å². The summed E-state index contributed by atoms with van der Waals surface area (Å²) in [5.41, 5.74) is 5.61. The van der Waals surface area contributed by atoms with Crippen LogP contribution in [0.25, 0.3) is 4.96 Å². The van der Waals surface area contributed by atoms with E-state index in [0.29, 0.717) is 21.7 Å². The first-order valence-corrected chi connectivity index (χ1v) is 6.31. The fourth-order valence-electron chi connectivity index (χ4n) is 1.60. The molecule has 7 nitrogen and oxygen atoms in total. The summed E-state index contributed by atoms with van der Waals surface area (Å²) in [4.78, 5) is 0.654. The largest absolute Gasteiger partial charge is 0.497 e. The molecule has 0 radical (unpaired) electrons. The Morgan fingerprint density at radius 3 is 3.00 bits per heavy atom. The normalized spacial score (nSPS) is 10.8. The van der Waals surface area contributed by atoms with Crippen LogP contribution in [0.1, 0.15) is 5.82 Å². The third kappa shape index (κ3) is 2.29. The van der Waals surface area contributed by atoms with E-state index in [1.165, 1.54) is 11.3 Å². The molecule has 0 saturated heterocycles. The van der Waals surface area contributed by atoms with E-state index in [1.54, 1.807) is 17.7 Å². The van der Waals surface area contributed by atoms with Crippen LogP contribution in [0.4, 0.5) is 5.13 Å². The number of nitrogens with zero attached hydrogens (tertiary/aromatic N) is 4. The van der Waals surface area contributed by atoms with Crippen LogP contribution in [-0.2, 0) is 6.61 Å². The van der Waals surface area contributed by atoms with Gasteiger partial charge in [-0.15, -0.1) is 15.3 Å². The molecule has 0 saturated carbocycles. The van der Waals surface area contributed by atoms with E-state index in [4.69, 9.17) is 15.2 Å². The van der Waals surface area contributed by atoms with Gasteiger partial charge in [-0.2, -0.15) is 4.52 Å². The molecule has 0 atom stereocenters. The van der Waals surface area contributed by atoms with Crippen LogP contribution in [0.2, 0.25) is 0 Å². The van der Waals surface area contributed by atoms with Crippen molar-refractivity contribution >= 4 is 21.4 Å². The first kappa shape index (κ1) is 11.7. The molecular formula is C11H11N5O2S. The quantitative estimate of drug-likeness (QED) is 0.774. The maximum absolute atomic E-state index is 5.63. The SMILES string of the molecule is COc1cccc(OCc2nnc3sc(N)nn23)c1. The summed E-state index contributed by atoms with van der Waals surface area (Å²) in [5.74, 6) is 2.03. The van der Waals surface area contributed by atoms with Crippen molar-refractivity contribution in [3.8, 4) is 11.5 Å². The lowest BCUT2D eigenvalue weighted by molar-refractivity contribution is 0.290. The van der Waals surface area contributed by atoms with E-state index in [-0.39, 0.29) is 6.61 Å². The highest BCUT2D eigenvalue weighted by Crippen LogP contribution is 2.20. The van der Waals surface area contributed by atoms with Crippen LogP contribution >= 0.6 is 11.3 Å². The number of nitrogens with two attached hydrogens (primary N) is 1. The summed E-state index contributed by atoms with van der Waals surface area (Å²) in [5, 5.41) is 12.5. The van der Waals surface area contributed by atoms with Gasteiger partial charge in [0, 0.05) is 6.07 Å². The summed E-state index contributed by atoms with van der Waals surface area (Å²) in [6.07, 6.45) is 0. The highest BCUT2D eigenvalue weighted by Gasteiger charge is 2.10. The Labute approximate surface area is 112 Å². The molecule has 3 rings (SSSR count). The van der Waals surface area contributed by atoms with E-state index in [9.17, 15) is 0 Å². The van der Waals surface area contributed by atoms with Crippen molar-refractivity contribution < 1.29 is 9.47 Å². The highest BCUT2D eigenvalue weighted by atomic mass is 32.1. The van der Waals surface area contributed by atoms with Gasteiger partial charge in [-0.1, -0.05) is 17.4 Å². The van der Waals surface area contributed by atoms with Gasteiger partial charge in [-0.25, -0.2) is 0 Å². The molecule has 2 heterocycles. The van der Waals surface area contributed by atoms with Gasteiger partial charge >= 0.3 is 0 Å². The summed E-state index contributed by atoms with van der Waals surface area (Å²) >= 11 is 1.28. The van der Waals surface area contributed by atoms with Crippen LogP contribution in [0.15, 0.2) is 24.3 Å². The number of hydrogen-bond acceptors (Lipinski definition) is 7. The van der Waals surface area contributed by atoms with Crippen molar-refractivity contribution in [3.05, 3.63) is 30.1 Å². The van der Waals surface area contributed by atoms with Crippen LogP contribution in [0.5, 0.6) is 11.5 Å².